The van der Waals surface area contributed by atoms with Gasteiger partial charge in [0.2, 0.25) is 0 Å². The maximum absolute atomic E-state index is 14.0. The molecule has 0 spiro atoms. The maximum Gasteiger partial charge on any atom is 0.410 e. The van der Waals surface area contributed by atoms with Crippen molar-refractivity contribution in [3.05, 3.63) is 71.9 Å². The number of likely N-dealkylation sites (N-methyl/N-ethyl adjacent to an activating group) is 1. The Balaban J connectivity index is 1.48. The van der Waals surface area contributed by atoms with Crippen molar-refractivity contribution in [2.75, 3.05) is 31.8 Å². The molecule has 2 aromatic carbocycles. The molecule has 2 heterocycles. The Kier molecular flexibility index (Phi) is 8.06. The first-order valence-electron chi connectivity index (χ1n) is 12.4. The Labute approximate surface area is 214 Å². The SMILES string of the molecule is CCOc1ccc(C(=O)N2CCCCC2CNC(=O)C2=CN(c3ccccc3)N(C)C2C(F)(F)F)cc1. The molecule has 0 aliphatic carbocycles. The quantitative estimate of drug-likeness (QED) is 0.592. The maximum atomic E-state index is 14.0. The molecule has 1 saturated heterocycles. The van der Waals surface area contributed by atoms with Crippen molar-refractivity contribution in [3.8, 4) is 5.75 Å². The van der Waals surface area contributed by atoms with Crippen LogP contribution in [0.1, 0.15) is 36.5 Å². The summed E-state index contributed by atoms with van der Waals surface area (Å²) >= 11 is 0. The number of hydrazine groups is 1. The van der Waals surface area contributed by atoms with E-state index >= 15 is 0 Å². The number of amides is 2. The highest BCUT2D eigenvalue weighted by molar-refractivity contribution is 5.96. The van der Waals surface area contributed by atoms with E-state index < -0.39 is 18.1 Å². The molecular weight excluding hydrogens is 485 g/mol. The van der Waals surface area contributed by atoms with Gasteiger partial charge in [0.25, 0.3) is 11.8 Å². The first-order chi connectivity index (χ1) is 17.7. The fourth-order valence-corrected chi connectivity index (χ4v) is 4.85. The summed E-state index contributed by atoms with van der Waals surface area (Å²) in [6, 6.07) is 13.0. The van der Waals surface area contributed by atoms with Gasteiger partial charge in [0.1, 0.15) is 5.75 Å². The fraction of sp³-hybridized carbons (Fsp3) is 0.407. The van der Waals surface area contributed by atoms with E-state index in [1.165, 1.54) is 18.3 Å². The molecule has 0 radical (unpaired) electrons. The van der Waals surface area contributed by atoms with E-state index in [0.717, 1.165) is 17.9 Å². The summed E-state index contributed by atoms with van der Waals surface area (Å²) in [6.45, 7) is 2.98. The van der Waals surface area contributed by atoms with Crippen molar-refractivity contribution < 1.29 is 27.5 Å². The molecular formula is C27H31F3N4O3. The van der Waals surface area contributed by atoms with Gasteiger partial charge in [-0.3, -0.25) is 14.6 Å². The molecule has 2 aliphatic heterocycles. The van der Waals surface area contributed by atoms with Gasteiger partial charge in [-0.2, -0.15) is 13.2 Å². The normalized spacial score (nSPS) is 20.5. The molecule has 4 rings (SSSR count). The zero-order valence-electron chi connectivity index (χ0n) is 20.9. The lowest BCUT2D eigenvalue weighted by atomic mass is 10.00. The molecule has 198 valence electrons. The van der Waals surface area contributed by atoms with Gasteiger partial charge >= 0.3 is 6.18 Å². The van der Waals surface area contributed by atoms with E-state index in [9.17, 15) is 22.8 Å². The third-order valence-corrected chi connectivity index (χ3v) is 6.66. The number of likely N-dealkylation sites (tertiary alicyclic amines) is 1. The van der Waals surface area contributed by atoms with Gasteiger partial charge in [-0.05, 0) is 62.6 Å². The first kappa shape index (κ1) is 26.5. The highest BCUT2D eigenvalue weighted by Crippen LogP contribution is 2.37. The Morgan fingerprint density at radius 1 is 1.05 bits per heavy atom. The molecule has 2 amide bonds. The molecule has 7 nitrogen and oxygen atoms in total. The van der Waals surface area contributed by atoms with E-state index in [1.807, 2.05) is 6.92 Å². The number of carbonyl (C=O) groups excluding carboxylic acids is 2. The summed E-state index contributed by atoms with van der Waals surface area (Å²) in [5.74, 6) is -0.308. The molecule has 0 bridgehead atoms. The minimum absolute atomic E-state index is 0.0680. The average molecular weight is 517 g/mol. The predicted molar refractivity (Wildman–Crippen MR) is 134 cm³/mol. The summed E-state index contributed by atoms with van der Waals surface area (Å²) in [4.78, 5) is 28.0. The summed E-state index contributed by atoms with van der Waals surface area (Å²) in [6.07, 6.45) is -1.08. The Bertz CT molecular complexity index is 1120. The second kappa shape index (κ2) is 11.2. The lowest BCUT2D eigenvalue weighted by Crippen LogP contribution is -2.51. The molecule has 2 unspecified atom stereocenters. The number of piperidine rings is 1. The van der Waals surface area contributed by atoms with Crippen LogP contribution in [0.25, 0.3) is 0 Å². The third kappa shape index (κ3) is 5.90. The highest BCUT2D eigenvalue weighted by Gasteiger charge is 2.52. The van der Waals surface area contributed by atoms with E-state index in [4.69, 9.17) is 4.74 Å². The van der Waals surface area contributed by atoms with Crippen LogP contribution in [0.4, 0.5) is 18.9 Å². The topological polar surface area (TPSA) is 65.1 Å². The summed E-state index contributed by atoms with van der Waals surface area (Å²) in [5.41, 5.74) is 0.623. The third-order valence-electron chi connectivity index (χ3n) is 6.66. The number of nitrogens with one attached hydrogen (secondary N) is 1. The minimum atomic E-state index is -4.65. The number of carbonyl (C=O) groups is 2. The minimum Gasteiger partial charge on any atom is -0.494 e. The summed E-state index contributed by atoms with van der Waals surface area (Å²) in [5, 5.41) is 5.01. The van der Waals surface area contributed by atoms with Crippen LogP contribution in [0.5, 0.6) is 5.75 Å². The van der Waals surface area contributed by atoms with E-state index in [1.54, 1.807) is 59.5 Å². The van der Waals surface area contributed by atoms with Crippen LogP contribution in [-0.4, -0.2) is 66.7 Å². The zero-order valence-corrected chi connectivity index (χ0v) is 20.9. The molecule has 2 aromatic rings. The number of hydrogen-bond acceptors (Lipinski definition) is 5. The van der Waals surface area contributed by atoms with Crippen molar-refractivity contribution >= 4 is 17.5 Å². The standard InChI is InChI=1S/C27H31F3N4O3/c1-3-37-22-14-12-19(13-15-22)26(36)33-16-8-7-11-21(33)17-31-25(35)23-18-34(20-9-5-4-6-10-20)32(2)24(23)27(28,29)30/h4-6,9-10,12-15,18,21,24H,3,7-8,11,16-17H2,1-2H3,(H,31,35). The summed E-state index contributed by atoms with van der Waals surface area (Å²) < 4.78 is 47.4. The molecule has 10 heteroatoms. The van der Waals surface area contributed by atoms with Crippen LogP contribution < -0.4 is 15.1 Å². The zero-order chi connectivity index (χ0) is 26.6. The van der Waals surface area contributed by atoms with Crippen molar-refractivity contribution in [1.29, 1.82) is 0 Å². The van der Waals surface area contributed by atoms with Crippen LogP contribution in [0.2, 0.25) is 0 Å². The van der Waals surface area contributed by atoms with E-state index in [-0.39, 0.29) is 24.1 Å². The Morgan fingerprint density at radius 3 is 2.41 bits per heavy atom. The molecule has 2 atom stereocenters. The predicted octanol–water partition coefficient (Wildman–Crippen LogP) is 4.38. The van der Waals surface area contributed by atoms with Crippen molar-refractivity contribution in [3.63, 3.8) is 0 Å². The van der Waals surface area contributed by atoms with Crippen LogP contribution in [0, 0.1) is 0 Å². The van der Waals surface area contributed by atoms with E-state index in [2.05, 4.69) is 5.32 Å². The lowest BCUT2D eigenvalue weighted by Gasteiger charge is -2.36. The molecule has 1 fully saturated rings. The van der Waals surface area contributed by atoms with Gasteiger partial charge in [-0.25, -0.2) is 5.01 Å². The molecule has 1 N–H and O–H groups in total. The highest BCUT2D eigenvalue weighted by atomic mass is 19.4. The number of benzene rings is 2. The van der Waals surface area contributed by atoms with E-state index in [0.29, 0.717) is 36.6 Å². The molecule has 0 saturated carbocycles. The molecule has 37 heavy (non-hydrogen) atoms. The smallest absolute Gasteiger partial charge is 0.410 e. The second-order valence-electron chi connectivity index (χ2n) is 9.10. The number of para-hydroxylation sites is 1. The van der Waals surface area contributed by atoms with Crippen molar-refractivity contribution in [2.45, 2.75) is 44.4 Å². The van der Waals surface area contributed by atoms with Crippen LogP contribution >= 0.6 is 0 Å². The second-order valence-corrected chi connectivity index (χ2v) is 9.10. The largest absolute Gasteiger partial charge is 0.494 e. The number of ether oxygens (including phenoxy) is 1. The number of anilines is 1. The number of halogens is 3. The first-order valence-corrected chi connectivity index (χ1v) is 12.4. The van der Waals surface area contributed by atoms with Gasteiger partial charge in [0.05, 0.1) is 17.9 Å². The number of hydrogen-bond donors (Lipinski definition) is 1. The van der Waals surface area contributed by atoms with Gasteiger partial charge in [-0.1, -0.05) is 18.2 Å². The Hall–Kier alpha value is -3.53. The molecule has 0 aromatic heterocycles. The van der Waals surface area contributed by atoms with Gasteiger partial charge < -0.3 is 15.0 Å². The average Bonchev–Trinajstić information content (AvgIpc) is 3.26. The van der Waals surface area contributed by atoms with Crippen LogP contribution in [0.3, 0.4) is 0 Å². The van der Waals surface area contributed by atoms with Gasteiger partial charge in [0.15, 0.2) is 6.04 Å². The van der Waals surface area contributed by atoms with Crippen molar-refractivity contribution in [2.24, 2.45) is 0 Å². The number of alkyl halides is 3. The number of nitrogens with zero attached hydrogens (tertiary/aromatic N) is 3. The monoisotopic (exact) mass is 516 g/mol. The number of rotatable bonds is 7. The summed E-state index contributed by atoms with van der Waals surface area (Å²) in [7, 11) is 1.31. The molecule has 2 aliphatic rings. The van der Waals surface area contributed by atoms with Gasteiger partial charge in [0, 0.05) is 37.9 Å². The van der Waals surface area contributed by atoms with Crippen LogP contribution in [0.15, 0.2) is 66.4 Å². The van der Waals surface area contributed by atoms with Crippen LogP contribution in [-0.2, 0) is 4.79 Å². The van der Waals surface area contributed by atoms with Gasteiger partial charge in [-0.15, -0.1) is 0 Å². The Morgan fingerprint density at radius 2 is 1.76 bits per heavy atom. The lowest BCUT2D eigenvalue weighted by molar-refractivity contribution is -0.169. The fourth-order valence-electron chi connectivity index (χ4n) is 4.85. The van der Waals surface area contributed by atoms with Crippen molar-refractivity contribution in [1.82, 2.24) is 15.2 Å².